The minimum Gasteiger partial charge on any atom is -0.393 e. The van der Waals surface area contributed by atoms with E-state index in [1.165, 1.54) is 0 Å². The van der Waals surface area contributed by atoms with E-state index in [1.54, 1.807) is 6.08 Å². The van der Waals surface area contributed by atoms with Crippen LogP contribution in [0.3, 0.4) is 0 Å². The molecular formula is C10H16O. The van der Waals surface area contributed by atoms with Crippen LogP contribution in [0.4, 0.5) is 0 Å². The van der Waals surface area contributed by atoms with Crippen LogP contribution < -0.4 is 0 Å². The molecule has 62 valence electrons. The van der Waals surface area contributed by atoms with Crippen molar-refractivity contribution < 1.29 is 5.11 Å². The summed E-state index contributed by atoms with van der Waals surface area (Å²) in [6.07, 6.45) is 3.78. The molecule has 0 aromatic carbocycles. The maximum absolute atomic E-state index is 9.26. The lowest BCUT2D eigenvalue weighted by Crippen LogP contribution is -2.04. The molecule has 0 aliphatic carbocycles. The summed E-state index contributed by atoms with van der Waals surface area (Å²) in [6.45, 7) is 9.11. The van der Waals surface area contributed by atoms with E-state index in [4.69, 9.17) is 0 Å². The molecule has 0 aromatic heterocycles. The van der Waals surface area contributed by atoms with Crippen molar-refractivity contribution in [2.24, 2.45) is 0 Å². The molecule has 1 N–H and O–H groups in total. The van der Waals surface area contributed by atoms with Crippen LogP contribution >= 0.6 is 0 Å². The maximum Gasteiger partial charge on any atom is 0.0580 e. The van der Waals surface area contributed by atoms with E-state index in [-0.39, 0.29) is 6.10 Å². The number of aliphatic hydroxyl groups excluding tert-OH is 1. The van der Waals surface area contributed by atoms with Gasteiger partial charge in [-0.3, -0.25) is 0 Å². The van der Waals surface area contributed by atoms with Crippen LogP contribution in [0, 0.1) is 0 Å². The largest absolute Gasteiger partial charge is 0.393 e. The van der Waals surface area contributed by atoms with Crippen LogP contribution in [0.1, 0.15) is 26.2 Å². The van der Waals surface area contributed by atoms with Gasteiger partial charge in [0.05, 0.1) is 6.10 Å². The fraction of sp³-hybridized carbons (Fsp3) is 0.500. The highest BCUT2D eigenvalue weighted by Gasteiger charge is 2.02. The summed E-state index contributed by atoms with van der Waals surface area (Å²) in [5, 5.41) is 9.26. The second-order valence-corrected chi connectivity index (χ2v) is 2.54. The third-order valence-corrected chi connectivity index (χ3v) is 1.59. The van der Waals surface area contributed by atoms with Gasteiger partial charge in [-0.1, -0.05) is 19.6 Å². The minimum atomic E-state index is -0.251. The zero-order valence-corrected chi connectivity index (χ0v) is 7.14. The fourth-order valence-corrected chi connectivity index (χ4v) is 0.831. The van der Waals surface area contributed by atoms with E-state index in [0.29, 0.717) is 6.42 Å². The molecule has 1 atom stereocenters. The predicted molar refractivity (Wildman–Crippen MR) is 48.4 cm³/mol. The molecule has 0 heterocycles. The Bertz CT molecular complexity index is 164. The summed E-state index contributed by atoms with van der Waals surface area (Å²) >= 11 is 0. The standard InChI is InChI=1S/C10H16O/c1-4-7-9(5-2)8-10(11)6-3/h4,10-11H,1-2,6-8H2,3H3/t10-/m0/s1. The summed E-state index contributed by atoms with van der Waals surface area (Å²) in [4.78, 5) is 0. The second-order valence-electron chi connectivity index (χ2n) is 2.54. The van der Waals surface area contributed by atoms with Crippen molar-refractivity contribution in [3.05, 3.63) is 30.5 Å². The van der Waals surface area contributed by atoms with Crippen molar-refractivity contribution in [2.45, 2.75) is 32.3 Å². The highest BCUT2D eigenvalue weighted by Crippen LogP contribution is 2.10. The second kappa shape index (κ2) is 5.96. The number of hydrogen-bond donors (Lipinski definition) is 1. The highest BCUT2D eigenvalue weighted by molar-refractivity contribution is 5.04. The van der Waals surface area contributed by atoms with Crippen molar-refractivity contribution in [1.82, 2.24) is 0 Å². The van der Waals surface area contributed by atoms with Crippen LogP contribution in [0.15, 0.2) is 30.5 Å². The van der Waals surface area contributed by atoms with Gasteiger partial charge < -0.3 is 5.11 Å². The van der Waals surface area contributed by atoms with E-state index in [2.05, 4.69) is 18.9 Å². The van der Waals surface area contributed by atoms with Crippen molar-refractivity contribution in [2.75, 3.05) is 0 Å². The van der Waals surface area contributed by atoms with Gasteiger partial charge in [-0.15, -0.1) is 12.3 Å². The van der Waals surface area contributed by atoms with Gasteiger partial charge >= 0.3 is 0 Å². The first-order valence-electron chi connectivity index (χ1n) is 3.91. The lowest BCUT2D eigenvalue weighted by atomic mass is 10.0. The van der Waals surface area contributed by atoms with Gasteiger partial charge in [-0.05, 0) is 18.4 Å². The molecule has 0 rings (SSSR count). The number of aliphatic hydroxyl groups is 1. The van der Waals surface area contributed by atoms with Gasteiger partial charge in [0.15, 0.2) is 0 Å². The average Bonchev–Trinajstić information content (AvgIpc) is 2.03. The summed E-state index contributed by atoms with van der Waals surface area (Å²) in [6, 6.07) is 0. The average molecular weight is 152 g/mol. The summed E-state index contributed by atoms with van der Waals surface area (Å²) in [5.74, 6) is 0. The molecule has 11 heavy (non-hydrogen) atoms. The Labute approximate surface area is 68.7 Å². The first-order valence-corrected chi connectivity index (χ1v) is 3.91. The van der Waals surface area contributed by atoms with Gasteiger partial charge in [-0.25, -0.2) is 0 Å². The van der Waals surface area contributed by atoms with Crippen molar-refractivity contribution >= 4 is 0 Å². The van der Waals surface area contributed by atoms with Crippen LogP contribution in [0.2, 0.25) is 0 Å². The molecule has 0 aliphatic heterocycles. The van der Waals surface area contributed by atoms with E-state index in [1.807, 2.05) is 6.92 Å². The first-order chi connectivity index (χ1) is 5.24. The summed E-state index contributed by atoms with van der Waals surface area (Å²) in [7, 11) is 0. The first kappa shape index (κ1) is 10.2. The van der Waals surface area contributed by atoms with Gasteiger partial charge in [0.25, 0.3) is 0 Å². The molecule has 0 bridgehead atoms. The van der Waals surface area contributed by atoms with Crippen LogP contribution in [-0.2, 0) is 0 Å². The zero-order valence-electron chi connectivity index (χ0n) is 7.14. The van der Waals surface area contributed by atoms with Crippen LogP contribution in [-0.4, -0.2) is 11.2 Å². The van der Waals surface area contributed by atoms with Crippen LogP contribution in [0.5, 0.6) is 0 Å². The SMILES string of the molecule is C=C=C(CC=C)C[C@@H](O)CC. The Balaban J connectivity index is 3.88. The highest BCUT2D eigenvalue weighted by atomic mass is 16.3. The normalized spacial score (nSPS) is 11.8. The Morgan fingerprint density at radius 2 is 2.36 bits per heavy atom. The summed E-state index contributed by atoms with van der Waals surface area (Å²) in [5.41, 5.74) is 3.84. The number of rotatable bonds is 5. The van der Waals surface area contributed by atoms with Gasteiger partial charge in [0.2, 0.25) is 0 Å². The Hall–Kier alpha value is -0.780. The molecule has 0 aromatic rings. The number of hydrogen-bond acceptors (Lipinski definition) is 1. The topological polar surface area (TPSA) is 20.2 Å². The molecule has 0 amide bonds. The fourth-order valence-electron chi connectivity index (χ4n) is 0.831. The molecule has 0 fully saturated rings. The van der Waals surface area contributed by atoms with Crippen LogP contribution in [0.25, 0.3) is 0 Å². The number of allylic oxidation sites excluding steroid dienone is 1. The van der Waals surface area contributed by atoms with Crippen molar-refractivity contribution in [1.29, 1.82) is 0 Å². The monoisotopic (exact) mass is 152 g/mol. The van der Waals surface area contributed by atoms with E-state index in [9.17, 15) is 5.11 Å². The molecule has 0 aliphatic rings. The van der Waals surface area contributed by atoms with Gasteiger partial charge in [0, 0.05) is 6.42 Å². The minimum absolute atomic E-state index is 0.251. The Morgan fingerprint density at radius 1 is 1.73 bits per heavy atom. The zero-order chi connectivity index (χ0) is 8.69. The smallest absolute Gasteiger partial charge is 0.0580 e. The van der Waals surface area contributed by atoms with E-state index >= 15 is 0 Å². The molecule has 0 saturated heterocycles. The Kier molecular flexibility index (Phi) is 5.54. The molecule has 0 radical (unpaired) electrons. The molecule has 0 saturated carbocycles. The molecule has 0 spiro atoms. The third kappa shape index (κ3) is 4.60. The molecule has 1 heteroatoms. The lowest BCUT2D eigenvalue weighted by Gasteiger charge is -2.07. The molecular weight excluding hydrogens is 136 g/mol. The van der Waals surface area contributed by atoms with Crippen molar-refractivity contribution in [3.8, 4) is 0 Å². The van der Waals surface area contributed by atoms with E-state index in [0.717, 1.165) is 18.4 Å². The van der Waals surface area contributed by atoms with E-state index < -0.39 is 0 Å². The summed E-state index contributed by atoms with van der Waals surface area (Å²) < 4.78 is 0. The maximum atomic E-state index is 9.26. The predicted octanol–water partition coefficient (Wildman–Crippen LogP) is 2.43. The Morgan fingerprint density at radius 3 is 2.73 bits per heavy atom. The lowest BCUT2D eigenvalue weighted by molar-refractivity contribution is 0.170. The molecule has 1 nitrogen and oxygen atoms in total. The third-order valence-electron chi connectivity index (χ3n) is 1.59. The van der Waals surface area contributed by atoms with Crippen molar-refractivity contribution in [3.63, 3.8) is 0 Å². The molecule has 0 unspecified atom stereocenters. The van der Waals surface area contributed by atoms with Gasteiger partial charge in [-0.2, -0.15) is 0 Å². The quantitative estimate of drug-likeness (QED) is 0.474. The van der Waals surface area contributed by atoms with Gasteiger partial charge in [0.1, 0.15) is 0 Å².